The number of amides is 1. The van der Waals surface area contributed by atoms with Crippen LogP contribution in [0.5, 0.6) is 0 Å². The van der Waals surface area contributed by atoms with Crippen molar-refractivity contribution in [2.24, 2.45) is 11.7 Å². The van der Waals surface area contributed by atoms with Crippen molar-refractivity contribution in [1.29, 1.82) is 0 Å². The van der Waals surface area contributed by atoms with Gasteiger partial charge >= 0.3 is 0 Å². The Kier molecular flexibility index (Phi) is 4.31. The zero-order valence-corrected chi connectivity index (χ0v) is 10.6. The molecule has 0 bridgehead atoms. The Hall–Kier alpha value is -1.78. The average molecular weight is 236 g/mol. The molecule has 1 heterocycles. The van der Waals surface area contributed by atoms with Gasteiger partial charge in [-0.25, -0.2) is 4.98 Å². The van der Waals surface area contributed by atoms with E-state index in [1.807, 2.05) is 17.9 Å². The summed E-state index contributed by atoms with van der Waals surface area (Å²) in [6, 6.07) is 3.61. The Balaban J connectivity index is 2.94. The Bertz CT molecular complexity index is 403. The molecule has 94 valence electrons. The minimum atomic E-state index is -0.359. The number of anilines is 2. The van der Waals surface area contributed by atoms with E-state index >= 15 is 0 Å². The Morgan fingerprint density at radius 3 is 2.59 bits per heavy atom. The molecule has 1 amide bonds. The quantitative estimate of drug-likeness (QED) is 0.796. The van der Waals surface area contributed by atoms with Crippen LogP contribution in [0, 0.1) is 12.8 Å². The second kappa shape index (κ2) is 5.52. The number of nitrogens with zero attached hydrogens (tertiary/aromatic N) is 2. The Labute approximate surface area is 102 Å². The highest BCUT2D eigenvalue weighted by Gasteiger charge is 2.13. The summed E-state index contributed by atoms with van der Waals surface area (Å²) in [6.45, 7) is 6.92. The monoisotopic (exact) mass is 236 g/mol. The van der Waals surface area contributed by atoms with E-state index in [0.717, 1.165) is 18.1 Å². The van der Waals surface area contributed by atoms with E-state index in [1.165, 1.54) is 0 Å². The number of primary amides is 1. The predicted octanol–water partition coefficient (Wildman–Crippen LogP) is 0.920. The third-order valence-corrected chi connectivity index (χ3v) is 2.37. The number of aryl methyl sites for hydroxylation is 1. The molecule has 5 heteroatoms. The standard InChI is InChI=1S/C12H20N4O/c1-8(2)6-16(7-11(14)17)12-5-4-10(13)9(3)15-12/h4-5,8H,6-7,13H2,1-3H3,(H2,14,17). The molecule has 1 rings (SSSR count). The summed E-state index contributed by atoms with van der Waals surface area (Å²) in [4.78, 5) is 17.3. The molecule has 4 N–H and O–H groups in total. The van der Waals surface area contributed by atoms with Crippen LogP contribution in [0.3, 0.4) is 0 Å². The molecule has 0 atom stereocenters. The van der Waals surface area contributed by atoms with Gasteiger partial charge in [0, 0.05) is 6.54 Å². The van der Waals surface area contributed by atoms with Gasteiger partial charge in [0.05, 0.1) is 17.9 Å². The van der Waals surface area contributed by atoms with Crippen LogP contribution >= 0.6 is 0 Å². The van der Waals surface area contributed by atoms with Gasteiger partial charge in [0.15, 0.2) is 0 Å². The van der Waals surface area contributed by atoms with E-state index in [1.54, 1.807) is 6.07 Å². The highest BCUT2D eigenvalue weighted by molar-refractivity contribution is 5.79. The first-order valence-electron chi connectivity index (χ1n) is 5.66. The topological polar surface area (TPSA) is 85.2 Å². The number of aromatic nitrogens is 1. The molecule has 5 nitrogen and oxygen atoms in total. The molecular weight excluding hydrogens is 216 g/mol. The molecule has 0 saturated heterocycles. The fraction of sp³-hybridized carbons (Fsp3) is 0.500. The van der Waals surface area contributed by atoms with E-state index in [4.69, 9.17) is 11.5 Å². The fourth-order valence-electron chi connectivity index (χ4n) is 1.60. The second-order valence-electron chi connectivity index (χ2n) is 4.58. The largest absolute Gasteiger partial charge is 0.397 e. The van der Waals surface area contributed by atoms with E-state index in [0.29, 0.717) is 11.6 Å². The van der Waals surface area contributed by atoms with Crippen molar-refractivity contribution >= 4 is 17.4 Å². The third kappa shape index (κ3) is 3.94. The highest BCUT2D eigenvalue weighted by Crippen LogP contribution is 2.17. The van der Waals surface area contributed by atoms with Gasteiger partial charge in [-0.2, -0.15) is 0 Å². The molecule has 0 aliphatic carbocycles. The number of nitrogens with two attached hydrogens (primary N) is 2. The normalized spacial score (nSPS) is 10.6. The number of pyridine rings is 1. The lowest BCUT2D eigenvalue weighted by molar-refractivity contribution is -0.116. The maximum absolute atomic E-state index is 11.0. The molecule has 1 aromatic heterocycles. The molecule has 17 heavy (non-hydrogen) atoms. The number of rotatable bonds is 5. The van der Waals surface area contributed by atoms with Crippen molar-refractivity contribution < 1.29 is 4.79 Å². The summed E-state index contributed by atoms with van der Waals surface area (Å²) in [7, 11) is 0. The SMILES string of the molecule is Cc1nc(N(CC(N)=O)CC(C)C)ccc1N. The average Bonchev–Trinajstić information content (AvgIpc) is 2.19. The lowest BCUT2D eigenvalue weighted by atomic mass is 10.2. The summed E-state index contributed by atoms with van der Waals surface area (Å²) in [6.07, 6.45) is 0. The predicted molar refractivity (Wildman–Crippen MR) is 69.6 cm³/mol. The van der Waals surface area contributed by atoms with Gasteiger partial charge in [-0.05, 0) is 25.0 Å². The van der Waals surface area contributed by atoms with Crippen LogP contribution in [0.25, 0.3) is 0 Å². The summed E-state index contributed by atoms with van der Waals surface area (Å²) in [5.74, 6) is 0.806. The summed E-state index contributed by atoms with van der Waals surface area (Å²) >= 11 is 0. The number of carbonyl (C=O) groups is 1. The molecule has 0 saturated carbocycles. The Morgan fingerprint density at radius 1 is 1.47 bits per heavy atom. The number of hydrogen-bond donors (Lipinski definition) is 2. The summed E-state index contributed by atoms with van der Waals surface area (Å²) in [5, 5.41) is 0. The fourth-order valence-corrected chi connectivity index (χ4v) is 1.60. The Morgan fingerprint density at radius 2 is 2.12 bits per heavy atom. The maximum Gasteiger partial charge on any atom is 0.236 e. The molecule has 0 aromatic carbocycles. The van der Waals surface area contributed by atoms with Crippen molar-refractivity contribution in [3.05, 3.63) is 17.8 Å². The van der Waals surface area contributed by atoms with Gasteiger partial charge in [0.2, 0.25) is 5.91 Å². The van der Waals surface area contributed by atoms with Gasteiger partial charge in [-0.1, -0.05) is 13.8 Å². The summed E-state index contributed by atoms with van der Waals surface area (Å²) in [5.41, 5.74) is 12.4. The van der Waals surface area contributed by atoms with Crippen molar-refractivity contribution in [3.8, 4) is 0 Å². The molecule has 0 radical (unpaired) electrons. The van der Waals surface area contributed by atoms with Crippen LogP contribution in [0.15, 0.2) is 12.1 Å². The van der Waals surface area contributed by atoms with E-state index in [2.05, 4.69) is 18.8 Å². The number of carbonyl (C=O) groups excluding carboxylic acids is 1. The zero-order chi connectivity index (χ0) is 13.0. The van der Waals surface area contributed by atoms with Crippen LogP contribution < -0.4 is 16.4 Å². The van der Waals surface area contributed by atoms with Crippen molar-refractivity contribution in [2.45, 2.75) is 20.8 Å². The van der Waals surface area contributed by atoms with Crippen LogP contribution in [0.1, 0.15) is 19.5 Å². The third-order valence-electron chi connectivity index (χ3n) is 2.37. The van der Waals surface area contributed by atoms with Gasteiger partial charge in [0.1, 0.15) is 5.82 Å². The highest BCUT2D eigenvalue weighted by atomic mass is 16.1. The summed E-state index contributed by atoms with van der Waals surface area (Å²) < 4.78 is 0. The van der Waals surface area contributed by atoms with E-state index < -0.39 is 0 Å². The van der Waals surface area contributed by atoms with Crippen LogP contribution in [0.2, 0.25) is 0 Å². The first-order valence-corrected chi connectivity index (χ1v) is 5.66. The first-order chi connectivity index (χ1) is 7.90. The molecule has 0 unspecified atom stereocenters. The molecule has 0 fully saturated rings. The van der Waals surface area contributed by atoms with Crippen molar-refractivity contribution in [2.75, 3.05) is 23.7 Å². The van der Waals surface area contributed by atoms with Crippen molar-refractivity contribution in [1.82, 2.24) is 4.98 Å². The lowest BCUT2D eigenvalue weighted by Crippen LogP contribution is -2.36. The molecule has 0 aliphatic heterocycles. The van der Waals surface area contributed by atoms with Crippen molar-refractivity contribution in [3.63, 3.8) is 0 Å². The molecule has 0 spiro atoms. The molecule has 1 aromatic rings. The van der Waals surface area contributed by atoms with E-state index in [9.17, 15) is 4.79 Å². The maximum atomic E-state index is 11.0. The van der Waals surface area contributed by atoms with E-state index in [-0.39, 0.29) is 12.5 Å². The first kappa shape index (κ1) is 13.3. The molecular formula is C12H20N4O. The van der Waals surface area contributed by atoms with Crippen LogP contribution in [0.4, 0.5) is 11.5 Å². The minimum Gasteiger partial charge on any atom is -0.397 e. The van der Waals surface area contributed by atoms with Gasteiger partial charge in [-0.3, -0.25) is 4.79 Å². The second-order valence-corrected chi connectivity index (χ2v) is 4.58. The number of hydrogen-bond acceptors (Lipinski definition) is 4. The zero-order valence-electron chi connectivity index (χ0n) is 10.6. The van der Waals surface area contributed by atoms with Crippen LogP contribution in [-0.4, -0.2) is 24.0 Å². The van der Waals surface area contributed by atoms with Gasteiger partial charge in [0.25, 0.3) is 0 Å². The molecule has 0 aliphatic rings. The number of nitrogen functional groups attached to an aromatic ring is 1. The van der Waals surface area contributed by atoms with Gasteiger partial charge < -0.3 is 16.4 Å². The van der Waals surface area contributed by atoms with Crippen LogP contribution in [-0.2, 0) is 4.79 Å². The van der Waals surface area contributed by atoms with Gasteiger partial charge in [-0.15, -0.1) is 0 Å². The smallest absolute Gasteiger partial charge is 0.236 e. The minimum absolute atomic E-state index is 0.175. The lowest BCUT2D eigenvalue weighted by Gasteiger charge is -2.24.